The van der Waals surface area contributed by atoms with Gasteiger partial charge in [-0.2, -0.15) is 16.9 Å². The third kappa shape index (κ3) is 4.22. The summed E-state index contributed by atoms with van der Waals surface area (Å²) >= 11 is 1.97. The minimum atomic E-state index is 0.473. The van der Waals surface area contributed by atoms with Crippen LogP contribution in [0.5, 0.6) is 0 Å². The van der Waals surface area contributed by atoms with E-state index in [4.69, 9.17) is 0 Å². The Hall–Kier alpha value is -0.550. The molecule has 0 radical (unpaired) electrons. The van der Waals surface area contributed by atoms with Gasteiger partial charge in [-0.05, 0) is 12.3 Å². The Morgan fingerprint density at radius 2 is 2.27 bits per heavy atom. The Bertz CT molecular complexity index is 285. The van der Waals surface area contributed by atoms with E-state index in [-0.39, 0.29) is 0 Å². The van der Waals surface area contributed by atoms with Crippen LogP contribution in [-0.4, -0.2) is 38.9 Å². The van der Waals surface area contributed by atoms with Crippen molar-refractivity contribution in [1.29, 1.82) is 0 Å². The normalized spacial score (nSPS) is 13.4. The van der Waals surface area contributed by atoms with Gasteiger partial charge in [0.15, 0.2) is 0 Å². The molecule has 1 aromatic rings. The molecule has 1 unspecified atom stereocenters. The fourth-order valence-corrected chi connectivity index (χ4v) is 2.18. The molecular weight excluding hydrogens is 208 g/mol. The Kier molecular flexibility index (Phi) is 5.11. The van der Waals surface area contributed by atoms with Gasteiger partial charge in [-0.15, -0.1) is 0 Å². The van der Waals surface area contributed by atoms with Gasteiger partial charge < -0.3 is 5.32 Å². The van der Waals surface area contributed by atoms with Crippen LogP contribution in [0.15, 0.2) is 6.33 Å². The number of thioether (sulfide) groups is 1. The molecule has 4 nitrogen and oxygen atoms in total. The first-order chi connectivity index (χ1) is 7.13. The summed E-state index contributed by atoms with van der Waals surface area (Å²) in [6.45, 7) is 4.44. The zero-order valence-electron chi connectivity index (χ0n) is 9.90. The molecule has 0 aromatic carbocycles. The topological polar surface area (TPSA) is 42.7 Å². The lowest BCUT2D eigenvalue weighted by Crippen LogP contribution is -2.31. The molecule has 0 aliphatic carbocycles. The lowest BCUT2D eigenvalue weighted by atomic mass is 10.2. The first-order valence-corrected chi connectivity index (χ1v) is 6.30. The van der Waals surface area contributed by atoms with E-state index in [0.29, 0.717) is 11.3 Å². The predicted octanol–water partition coefficient (Wildman–Crippen LogP) is 1.09. The molecule has 1 rings (SSSR count). The Labute approximate surface area is 95.9 Å². The molecule has 5 heteroatoms. The van der Waals surface area contributed by atoms with Crippen molar-refractivity contribution in [3.63, 3.8) is 0 Å². The summed E-state index contributed by atoms with van der Waals surface area (Å²) in [6, 6.07) is 0.473. The fraction of sp³-hybridized carbons (Fsp3) is 0.800. The van der Waals surface area contributed by atoms with E-state index >= 15 is 0 Å². The summed E-state index contributed by atoms with van der Waals surface area (Å²) in [4.78, 5) is 4.23. The van der Waals surface area contributed by atoms with Crippen LogP contribution in [-0.2, 0) is 13.5 Å². The molecule has 0 amide bonds. The Morgan fingerprint density at radius 3 is 2.73 bits per heavy atom. The minimum absolute atomic E-state index is 0.473. The maximum Gasteiger partial charge on any atom is 0.138 e. The summed E-state index contributed by atoms with van der Waals surface area (Å²) in [5.41, 5.74) is 0. The lowest BCUT2D eigenvalue weighted by molar-refractivity contribution is 0.573. The first-order valence-electron chi connectivity index (χ1n) is 5.25. The van der Waals surface area contributed by atoms with Gasteiger partial charge >= 0.3 is 0 Å². The van der Waals surface area contributed by atoms with Gasteiger partial charge in [0, 0.05) is 25.3 Å². The highest BCUT2D eigenvalue weighted by atomic mass is 32.2. The molecule has 1 N–H and O–H groups in total. The summed E-state index contributed by atoms with van der Waals surface area (Å²) in [5.74, 6) is 2.15. The van der Waals surface area contributed by atoms with E-state index in [1.165, 1.54) is 0 Å². The second-order valence-corrected chi connectivity index (χ2v) is 5.48. The largest absolute Gasteiger partial charge is 0.316 e. The number of hydrogen-bond donors (Lipinski definition) is 1. The van der Waals surface area contributed by atoms with Gasteiger partial charge in [-0.1, -0.05) is 13.8 Å². The van der Waals surface area contributed by atoms with Gasteiger partial charge in [0.25, 0.3) is 0 Å². The number of nitrogens with one attached hydrogen (secondary N) is 1. The van der Waals surface area contributed by atoms with Crippen molar-refractivity contribution in [3.8, 4) is 0 Å². The molecule has 1 atom stereocenters. The smallest absolute Gasteiger partial charge is 0.138 e. The van der Waals surface area contributed by atoms with Crippen molar-refractivity contribution >= 4 is 11.8 Å². The third-order valence-electron chi connectivity index (χ3n) is 2.27. The maximum absolute atomic E-state index is 4.23. The highest BCUT2D eigenvalue weighted by Gasteiger charge is 2.11. The Balaban J connectivity index is 2.43. The highest BCUT2D eigenvalue weighted by molar-refractivity contribution is 7.99. The Morgan fingerprint density at radius 1 is 1.53 bits per heavy atom. The minimum Gasteiger partial charge on any atom is -0.316 e. The molecule has 15 heavy (non-hydrogen) atoms. The second kappa shape index (κ2) is 6.12. The van der Waals surface area contributed by atoms with Crippen LogP contribution < -0.4 is 5.32 Å². The van der Waals surface area contributed by atoms with Gasteiger partial charge in [-0.3, -0.25) is 4.68 Å². The number of aromatic nitrogens is 3. The van der Waals surface area contributed by atoms with E-state index < -0.39 is 0 Å². The number of hydrogen-bond acceptors (Lipinski definition) is 4. The predicted molar refractivity (Wildman–Crippen MR) is 65.1 cm³/mol. The lowest BCUT2D eigenvalue weighted by Gasteiger charge is -2.16. The average Bonchev–Trinajstić information content (AvgIpc) is 2.58. The molecule has 0 fully saturated rings. The van der Waals surface area contributed by atoms with E-state index in [9.17, 15) is 0 Å². The zero-order chi connectivity index (χ0) is 11.3. The van der Waals surface area contributed by atoms with Crippen LogP contribution >= 0.6 is 11.8 Å². The van der Waals surface area contributed by atoms with E-state index in [1.807, 2.05) is 30.5 Å². The van der Waals surface area contributed by atoms with Crippen LogP contribution in [0.4, 0.5) is 0 Å². The third-order valence-corrected chi connectivity index (χ3v) is 3.53. The number of aryl methyl sites for hydroxylation is 1. The first kappa shape index (κ1) is 12.5. The van der Waals surface area contributed by atoms with Gasteiger partial charge in [0.05, 0.1) is 0 Å². The van der Waals surface area contributed by atoms with E-state index in [0.717, 1.165) is 18.0 Å². The monoisotopic (exact) mass is 228 g/mol. The summed E-state index contributed by atoms with van der Waals surface area (Å²) in [6.07, 6.45) is 2.55. The van der Waals surface area contributed by atoms with Gasteiger partial charge in [0.1, 0.15) is 12.2 Å². The van der Waals surface area contributed by atoms with Crippen LogP contribution in [0.1, 0.15) is 19.7 Å². The number of rotatable bonds is 6. The van der Waals surface area contributed by atoms with Crippen LogP contribution in [0.25, 0.3) is 0 Å². The molecule has 0 aliphatic rings. The summed E-state index contributed by atoms with van der Waals surface area (Å²) in [5, 5.41) is 8.07. The van der Waals surface area contributed by atoms with Crippen molar-refractivity contribution in [1.82, 2.24) is 20.1 Å². The standard InChI is InChI=1S/C10H20N4S/c1-8(2)15-6-9(11-3)5-10-12-7-13-14(10)4/h7-9,11H,5-6H2,1-4H3. The second-order valence-electron chi connectivity index (χ2n) is 3.87. The van der Waals surface area contributed by atoms with Crippen molar-refractivity contribution in [3.05, 3.63) is 12.2 Å². The van der Waals surface area contributed by atoms with Crippen LogP contribution in [0.3, 0.4) is 0 Å². The van der Waals surface area contributed by atoms with Crippen molar-refractivity contribution < 1.29 is 0 Å². The summed E-state index contributed by atoms with van der Waals surface area (Å²) < 4.78 is 1.84. The molecule has 0 bridgehead atoms. The molecule has 0 aliphatic heterocycles. The molecule has 0 saturated heterocycles. The van der Waals surface area contributed by atoms with Crippen LogP contribution in [0, 0.1) is 0 Å². The number of likely N-dealkylation sites (N-methyl/N-ethyl adjacent to an activating group) is 1. The van der Waals surface area contributed by atoms with Crippen LogP contribution in [0.2, 0.25) is 0 Å². The van der Waals surface area contributed by atoms with Crippen molar-refractivity contribution in [2.75, 3.05) is 12.8 Å². The number of nitrogens with zero attached hydrogens (tertiary/aromatic N) is 3. The molecule has 1 aromatic heterocycles. The maximum atomic E-state index is 4.23. The summed E-state index contributed by atoms with van der Waals surface area (Å²) in [7, 11) is 3.94. The van der Waals surface area contributed by atoms with Gasteiger partial charge in [0.2, 0.25) is 0 Å². The van der Waals surface area contributed by atoms with Crippen molar-refractivity contribution in [2.24, 2.45) is 7.05 Å². The molecule has 1 heterocycles. The quantitative estimate of drug-likeness (QED) is 0.791. The van der Waals surface area contributed by atoms with E-state index in [2.05, 4.69) is 29.2 Å². The fourth-order valence-electron chi connectivity index (χ4n) is 1.28. The van der Waals surface area contributed by atoms with Gasteiger partial charge in [-0.25, -0.2) is 4.98 Å². The van der Waals surface area contributed by atoms with Crippen molar-refractivity contribution in [2.45, 2.75) is 31.6 Å². The molecular formula is C10H20N4S. The molecule has 0 spiro atoms. The van der Waals surface area contributed by atoms with E-state index in [1.54, 1.807) is 6.33 Å². The average molecular weight is 228 g/mol. The molecule has 86 valence electrons. The zero-order valence-corrected chi connectivity index (χ0v) is 10.7. The highest BCUT2D eigenvalue weighted by Crippen LogP contribution is 2.12. The SMILES string of the molecule is CNC(CSC(C)C)Cc1ncnn1C. The molecule has 0 saturated carbocycles.